The number of anilines is 1. The number of carbonyl (C=O) groups excluding carboxylic acids is 1. The van der Waals surface area contributed by atoms with Crippen molar-refractivity contribution in [1.82, 2.24) is 5.32 Å². The number of nitrogens with one attached hydrogen (secondary N) is 2. The predicted octanol–water partition coefficient (Wildman–Crippen LogP) is 3.01. The van der Waals surface area contributed by atoms with E-state index in [1.54, 1.807) is 0 Å². The molecule has 0 bridgehead atoms. The maximum atomic E-state index is 11.9. The van der Waals surface area contributed by atoms with E-state index in [9.17, 15) is 9.59 Å². The SMILES string of the molecule is O=C(NCC1CSCCS1)Nc1ccc(Cl)cc1C(=O)O. The molecule has 1 unspecified atom stereocenters. The Morgan fingerprint density at radius 1 is 1.38 bits per heavy atom. The Labute approximate surface area is 136 Å². The first-order valence-electron chi connectivity index (χ1n) is 6.33. The van der Waals surface area contributed by atoms with E-state index < -0.39 is 12.0 Å². The number of carbonyl (C=O) groups is 2. The first-order valence-corrected chi connectivity index (χ1v) is 8.91. The van der Waals surface area contributed by atoms with Crippen LogP contribution in [0.5, 0.6) is 0 Å². The van der Waals surface area contributed by atoms with Gasteiger partial charge in [-0.25, -0.2) is 9.59 Å². The lowest BCUT2D eigenvalue weighted by atomic mass is 10.2. The van der Waals surface area contributed by atoms with Crippen LogP contribution in [-0.2, 0) is 0 Å². The predicted molar refractivity (Wildman–Crippen MR) is 89.0 cm³/mol. The van der Waals surface area contributed by atoms with Crippen molar-refractivity contribution < 1.29 is 14.7 Å². The van der Waals surface area contributed by atoms with Gasteiger partial charge in [-0.15, -0.1) is 0 Å². The minimum atomic E-state index is -1.13. The van der Waals surface area contributed by atoms with Gasteiger partial charge in [0.1, 0.15) is 0 Å². The number of halogens is 1. The Balaban J connectivity index is 1.91. The van der Waals surface area contributed by atoms with Crippen LogP contribution in [0.2, 0.25) is 5.02 Å². The number of rotatable bonds is 4. The van der Waals surface area contributed by atoms with Gasteiger partial charge in [-0.2, -0.15) is 23.5 Å². The number of hydrogen-bond donors (Lipinski definition) is 3. The summed E-state index contributed by atoms with van der Waals surface area (Å²) >= 11 is 9.49. The van der Waals surface area contributed by atoms with Crippen molar-refractivity contribution >= 4 is 52.8 Å². The van der Waals surface area contributed by atoms with Gasteiger partial charge in [-0.05, 0) is 18.2 Å². The zero-order valence-electron chi connectivity index (χ0n) is 11.1. The lowest BCUT2D eigenvalue weighted by molar-refractivity contribution is 0.0698. The Kier molecular flexibility index (Phi) is 6.08. The second kappa shape index (κ2) is 7.82. The third-order valence-electron chi connectivity index (χ3n) is 2.84. The van der Waals surface area contributed by atoms with E-state index in [2.05, 4.69) is 10.6 Å². The molecule has 114 valence electrons. The molecule has 1 saturated heterocycles. The Bertz CT molecular complexity index is 536. The number of benzene rings is 1. The summed E-state index contributed by atoms with van der Waals surface area (Å²) in [5, 5.41) is 15.1. The molecule has 1 aliphatic heterocycles. The summed E-state index contributed by atoms with van der Waals surface area (Å²) in [5.74, 6) is 2.14. The van der Waals surface area contributed by atoms with E-state index >= 15 is 0 Å². The fraction of sp³-hybridized carbons (Fsp3) is 0.385. The molecule has 0 radical (unpaired) electrons. The Morgan fingerprint density at radius 3 is 2.86 bits per heavy atom. The number of aromatic carboxylic acids is 1. The molecule has 1 aromatic carbocycles. The monoisotopic (exact) mass is 346 g/mol. The largest absolute Gasteiger partial charge is 0.478 e. The minimum absolute atomic E-state index is 0.0275. The van der Waals surface area contributed by atoms with Crippen LogP contribution in [0, 0.1) is 0 Å². The number of hydrogen-bond acceptors (Lipinski definition) is 4. The molecule has 1 atom stereocenters. The molecule has 2 amide bonds. The first-order chi connectivity index (χ1) is 10.1. The van der Waals surface area contributed by atoms with Crippen molar-refractivity contribution in [2.75, 3.05) is 29.1 Å². The molecule has 8 heteroatoms. The molecule has 1 fully saturated rings. The number of thioether (sulfide) groups is 2. The zero-order valence-corrected chi connectivity index (χ0v) is 13.5. The zero-order chi connectivity index (χ0) is 15.2. The highest BCUT2D eigenvalue weighted by Gasteiger charge is 2.16. The van der Waals surface area contributed by atoms with Crippen molar-refractivity contribution in [3.05, 3.63) is 28.8 Å². The second-order valence-electron chi connectivity index (χ2n) is 4.40. The Hall–Kier alpha value is -1.05. The van der Waals surface area contributed by atoms with Crippen molar-refractivity contribution in [3.8, 4) is 0 Å². The molecule has 5 nitrogen and oxygen atoms in total. The number of urea groups is 1. The second-order valence-corrected chi connectivity index (χ2v) is 7.39. The van der Waals surface area contributed by atoms with Crippen LogP contribution in [0.1, 0.15) is 10.4 Å². The van der Waals surface area contributed by atoms with Crippen LogP contribution in [0.25, 0.3) is 0 Å². The van der Waals surface area contributed by atoms with Crippen LogP contribution in [0.3, 0.4) is 0 Å². The number of carboxylic acid groups (broad SMARTS) is 1. The van der Waals surface area contributed by atoms with E-state index in [-0.39, 0.29) is 11.3 Å². The first kappa shape index (κ1) is 16.3. The van der Waals surface area contributed by atoms with Gasteiger partial charge in [0.2, 0.25) is 0 Å². The van der Waals surface area contributed by atoms with Crippen molar-refractivity contribution in [3.63, 3.8) is 0 Å². The molecular formula is C13H15ClN2O3S2. The standard InChI is InChI=1S/C13H15ClN2O3S2/c14-8-1-2-11(10(5-8)12(17)18)16-13(19)15-6-9-7-20-3-4-21-9/h1-2,5,9H,3-4,6-7H2,(H,17,18)(H2,15,16,19). The minimum Gasteiger partial charge on any atom is -0.478 e. The maximum absolute atomic E-state index is 11.9. The smallest absolute Gasteiger partial charge is 0.337 e. The van der Waals surface area contributed by atoms with Crippen LogP contribution in [0.4, 0.5) is 10.5 Å². The molecule has 2 rings (SSSR count). The van der Waals surface area contributed by atoms with E-state index in [0.29, 0.717) is 16.8 Å². The van der Waals surface area contributed by atoms with Crippen molar-refractivity contribution in [1.29, 1.82) is 0 Å². The molecular weight excluding hydrogens is 332 g/mol. The summed E-state index contributed by atoms with van der Waals surface area (Å²) in [7, 11) is 0. The van der Waals surface area contributed by atoms with E-state index in [0.717, 1.165) is 17.3 Å². The van der Waals surface area contributed by atoms with Crippen molar-refractivity contribution in [2.24, 2.45) is 0 Å². The average molecular weight is 347 g/mol. The maximum Gasteiger partial charge on any atom is 0.337 e. The van der Waals surface area contributed by atoms with Crippen molar-refractivity contribution in [2.45, 2.75) is 5.25 Å². The lowest BCUT2D eigenvalue weighted by Crippen LogP contribution is -2.36. The van der Waals surface area contributed by atoms with Gasteiger partial charge in [0, 0.05) is 34.1 Å². The molecule has 1 aliphatic rings. The molecule has 0 spiro atoms. The highest BCUT2D eigenvalue weighted by atomic mass is 35.5. The summed E-state index contributed by atoms with van der Waals surface area (Å²) < 4.78 is 0. The van der Waals surface area contributed by atoms with E-state index in [1.165, 1.54) is 18.2 Å². The molecule has 3 N–H and O–H groups in total. The van der Waals surface area contributed by atoms with Gasteiger partial charge < -0.3 is 15.7 Å². The van der Waals surface area contributed by atoms with Crippen LogP contribution in [0.15, 0.2) is 18.2 Å². The summed E-state index contributed by atoms with van der Waals surface area (Å²) in [4.78, 5) is 23.0. The van der Waals surface area contributed by atoms with Crippen LogP contribution < -0.4 is 10.6 Å². The molecule has 0 saturated carbocycles. The summed E-state index contributed by atoms with van der Waals surface area (Å²) in [5.41, 5.74) is 0.204. The van der Waals surface area contributed by atoms with Crippen LogP contribution in [-0.4, -0.2) is 46.2 Å². The fourth-order valence-electron chi connectivity index (χ4n) is 1.83. The van der Waals surface area contributed by atoms with Gasteiger partial charge in [0.05, 0.1) is 11.3 Å². The third kappa shape index (κ3) is 5.01. The van der Waals surface area contributed by atoms with E-state index in [4.69, 9.17) is 16.7 Å². The Morgan fingerprint density at radius 2 is 2.19 bits per heavy atom. The van der Waals surface area contributed by atoms with Gasteiger partial charge in [-0.3, -0.25) is 0 Å². The van der Waals surface area contributed by atoms with E-state index in [1.807, 2.05) is 23.5 Å². The normalized spacial score (nSPS) is 18.0. The summed E-state index contributed by atoms with van der Waals surface area (Å²) in [6.45, 7) is 0.569. The molecule has 1 aromatic rings. The van der Waals surface area contributed by atoms with Gasteiger partial charge in [0.25, 0.3) is 0 Å². The lowest BCUT2D eigenvalue weighted by Gasteiger charge is -2.21. The third-order valence-corrected chi connectivity index (χ3v) is 5.92. The number of amides is 2. The topological polar surface area (TPSA) is 78.4 Å². The molecule has 0 aromatic heterocycles. The highest BCUT2D eigenvalue weighted by Crippen LogP contribution is 2.23. The molecule has 21 heavy (non-hydrogen) atoms. The van der Waals surface area contributed by atoms with Crippen LogP contribution >= 0.6 is 35.1 Å². The summed E-state index contributed by atoms with van der Waals surface area (Å²) in [6.07, 6.45) is 0. The summed E-state index contributed by atoms with van der Waals surface area (Å²) in [6, 6.07) is 3.93. The quantitative estimate of drug-likeness (QED) is 0.781. The fourth-order valence-corrected chi connectivity index (χ4v) is 4.61. The van der Waals surface area contributed by atoms with Gasteiger partial charge in [-0.1, -0.05) is 11.6 Å². The average Bonchev–Trinajstić information content (AvgIpc) is 2.48. The van der Waals surface area contributed by atoms with Gasteiger partial charge >= 0.3 is 12.0 Å². The number of carboxylic acids is 1. The molecule has 0 aliphatic carbocycles. The highest BCUT2D eigenvalue weighted by molar-refractivity contribution is 8.06. The molecule has 1 heterocycles. The van der Waals surface area contributed by atoms with Gasteiger partial charge in [0.15, 0.2) is 0 Å².